The van der Waals surface area contributed by atoms with Crippen molar-refractivity contribution >= 4 is 5.82 Å². The van der Waals surface area contributed by atoms with Crippen LogP contribution in [0.1, 0.15) is 98.9 Å². The zero-order chi connectivity index (χ0) is 36.9. The van der Waals surface area contributed by atoms with Gasteiger partial charge in [0.15, 0.2) is 0 Å². The van der Waals surface area contributed by atoms with Crippen LogP contribution in [0.25, 0.3) is 0 Å². The fraction of sp³-hybridized carbons (Fsp3) is 0.318. The number of pyridine rings is 2. The van der Waals surface area contributed by atoms with Crippen LogP contribution in [0, 0.1) is 48.5 Å². The third-order valence-electron chi connectivity index (χ3n) is 8.55. The van der Waals surface area contributed by atoms with Crippen molar-refractivity contribution in [2.24, 2.45) is 0 Å². The minimum atomic E-state index is 0.446. The van der Waals surface area contributed by atoms with Crippen LogP contribution in [0.2, 0.25) is 0 Å². The summed E-state index contributed by atoms with van der Waals surface area (Å²) >= 11 is 0. The molecule has 0 fully saturated rings. The molecule has 0 radical (unpaired) electrons. The third kappa shape index (κ3) is 13.2. The summed E-state index contributed by atoms with van der Waals surface area (Å²) < 4.78 is 0. The normalized spacial score (nSPS) is 11.8. The highest BCUT2D eigenvalue weighted by molar-refractivity contribution is 5.29. The van der Waals surface area contributed by atoms with Gasteiger partial charge in [-0.2, -0.15) is 0 Å². The monoisotopic (exact) mass is 679 g/mol. The molecule has 0 aliphatic heterocycles. The predicted octanol–water partition coefficient (Wildman–Crippen LogP) is 9.45. The highest BCUT2D eigenvalue weighted by Crippen LogP contribution is 2.22. The smallest absolute Gasteiger partial charge is 0.141 e. The molecule has 51 heavy (non-hydrogen) atoms. The number of nitrogens with two attached hydrogens (primary N) is 1. The quantitative estimate of drug-likeness (QED) is 0.171. The van der Waals surface area contributed by atoms with Crippen molar-refractivity contribution in [3.8, 4) is 0 Å². The van der Waals surface area contributed by atoms with Crippen LogP contribution in [0.3, 0.4) is 0 Å². The second kappa shape index (κ2) is 18.6. The summed E-state index contributed by atoms with van der Waals surface area (Å²) in [6.07, 6.45) is 9.49. The van der Waals surface area contributed by atoms with Crippen molar-refractivity contribution in [1.82, 2.24) is 29.9 Å². The van der Waals surface area contributed by atoms with Crippen molar-refractivity contribution in [1.29, 1.82) is 0 Å². The number of benzene rings is 2. The van der Waals surface area contributed by atoms with Gasteiger partial charge in [-0.3, -0.25) is 24.9 Å². The maximum Gasteiger partial charge on any atom is 0.141 e. The first-order valence-electron chi connectivity index (χ1n) is 17.7. The molecule has 2 N–H and O–H groups in total. The van der Waals surface area contributed by atoms with Gasteiger partial charge in [0.25, 0.3) is 0 Å². The van der Waals surface area contributed by atoms with Gasteiger partial charge >= 0.3 is 0 Å². The lowest BCUT2D eigenvalue weighted by Gasteiger charge is -2.13. The molecule has 2 atom stereocenters. The van der Waals surface area contributed by atoms with Crippen molar-refractivity contribution in [2.45, 2.75) is 93.4 Å². The van der Waals surface area contributed by atoms with Crippen LogP contribution in [0.4, 0.5) is 5.82 Å². The highest BCUT2D eigenvalue weighted by atomic mass is 14.9. The maximum atomic E-state index is 5.25. The van der Waals surface area contributed by atoms with Gasteiger partial charge in [0.05, 0.1) is 29.5 Å². The first-order chi connectivity index (χ1) is 24.3. The number of nitrogen functional groups attached to an aromatic ring is 1. The van der Waals surface area contributed by atoms with Crippen LogP contribution >= 0.6 is 0 Å². The van der Waals surface area contributed by atoms with Crippen LogP contribution in [0.5, 0.6) is 0 Å². The SMILES string of the molecule is Cc1ccc(C(C)Cc2cc(C)cc(C)n2)cc1.Cc1ccc(C(C)Cc2cc(C)cc(Cc3cnc(C)cn3)n2)cc1.Cc1cnc(N)cn1. The van der Waals surface area contributed by atoms with Crippen LogP contribution < -0.4 is 5.73 Å². The number of hydrogen-bond donors (Lipinski definition) is 1. The minimum absolute atomic E-state index is 0.446. The summed E-state index contributed by atoms with van der Waals surface area (Å²) in [7, 11) is 0. The molecule has 2 aromatic carbocycles. The van der Waals surface area contributed by atoms with Gasteiger partial charge in [-0.05, 0) is 120 Å². The first-order valence-corrected chi connectivity index (χ1v) is 17.7. The summed E-state index contributed by atoms with van der Waals surface area (Å²) in [5.74, 6) is 1.43. The van der Waals surface area contributed by atoms with E-state index in [0.717, 1.165) is 53.4 Å². The van der Waals surface area contributed by atoms with Gasteiger partial charge in [0, 0.05) is 41.6 Å². The average Bonchev–Trinajstić information content (AvgIpc) is 3.07. The molecule has 0 amide bonds. The van der Waals surface area contributed by atoms with Crippen LogP contribution in [0.15, 0.2) is 97.6 Å². The minimum Gasteiger partial charge on any atom is -0.382 e. The Morgan fingerprint density at radius 3 is 1.37 bits per heavy atom. The van der Waals surface area contributed by atoms with Crippen LogP contribution in [-0.2, 0) is 19.3 Å². The van der Waals surface area contributed by atoms with Gasteiger partial charge in [-0.25, -0.2) is 4.98 Å². The summed E-state index contributed by atoms with van der Waals surface area (Å²) in [6.45, 7) is 18.9. The molecule has 7 nitrogen and oxygen atoms in total. The Morgan fingerprint density at radius 1 is 0.451 bits per heavy atom. The molecule has 0 bridgehead atoms. The topological polar surface area (TPSA) is 103 Å². The lowest BCUT2D eigenvalue weighted by atomic mass is 9.94. The van der Waals surface area contributed by atoms with Crippen molar-refractivity contribution in [3.05, 3.63) is 171 Å². The molecule has 0 aliphatic carbocycles. The second-order valence-corrected chi connectivity index (χ2v) is 13.8. The lowest BCUT2D eigenvalue weighted by molar-refractivity contribution is 0.734. The number of hydrogen-bond acceptors (Lipinski definition) is 7. The van der Waals surface area contributed by atoms with E-state index in [4.69, 9.17) is 10.7 Å². The zero-order valence-electron chi connectivity index (χ0n) is 31.8. The van der Waals surface area contributed by atoms with E-state index in [9.17, 15) is 0 Å². The molecular weight excluding hydrogens is 627 g/mol. The van der Waals surface area contributed by atoms with E-state index in [1.165, 1.54) is 45.3 Å². The van der Waals surface area contributed by atoms with Crippen molar-refractivity contribution in [2.75, 3.05) is 5.73 Å². The standard InChI is InChI=1S/C22H25N3.C17H21N.C5H7N3/c1-15-5-7-19(8-6-15)17(3)11-20-9-16(2)10-21(25-20)12-22-14-23-18(4)13-24-22;1-12-5-7-16(8-6-12)14(3)11-17-10-13(2)9-15(4)18-17;1-4-2-8-5(6)3-7-4/h5-10,13-14,17H,11-12H2,1-4H3;5-10,14H,11H2,1-4H3;2-3H,1H3,(H2,6,8). The number of rotatable bonds is 8. The molecule has 4 heterocycles. The maximum absolute atomic E-state index is 5.25. The summed E-state index contributed by atoms with van der Waals surface area (Å²) in [5, 5.41) is 0. The molecule has 0 aliphatic rings. The molecule has 6 rings (SSSR count). The Labute approximate surface area is 304 Å². The Balaban J connectivity index is 0.000000194. The molecule has 0 saturated heterocycles. The lowest BCUT2D eigenvalue weighted by Crippen LogP contribution is -2.04. The molecule has 0 saturated carbocycles. The van der Waals surface area contributed by atoms with Crippen LogP contribution in [-0.4, -0.2) is 29.9 Å². The van der Waals surface area contributed by atoms with E-state index in [1.54, 1.807) is 6.20 Å². The third-order valence-corrected chi connectivity index (χ3v) is 8.55. The summed E-state index contributed by atoms with van der Waals surface area (Å²) in [5.41, 5.74) is 20.5. The predicted molar refractivity (Wildman–Crippen MR) is 210 cm³/mol. The van der Waals surface area contributed by atoms with E-state index in [1.807, 2.05) is 26.2 Å². The average molecular weight is 680 g/mol. The number of aryl methyl sites for hydroxylation is 7. The Bertz CT molecular complexity index is 1910. The largest absolute Gasteiger partial charge is 0.382 e. The Kier molecular flexibility index (Phi) is 14.1. The Morgan fingerprint density at radius 2 is 0.922 bits per heavy atom. The van der Waals surface area contributed by atoms with E-state index in [0.29, 0.717) is 17.7 Å². The van der Waals surface area contributed by atoms with Crippen molar-refractivity contribution < 1.29 is 0 Å². The van der Waals surface area contributed by atoms with E-state index < -0.39 is 0 Å². The van der Waals surface area contributed by atoms with E-state index >= 15 is 0 Å². The fourth-order valence-corrected chi connectivity index (χ4v) is 5.79. The van der Waals surface area contributed by atoms with Gasteiger partial charge < -0.3 is 5.73 Å². The molecule has 7 heteroatoms. The first kappa shape index (κ1) is 38.5. The fourth-order valence-electron chi connectivity index (χ4n) is 5.79. The molecule has 4 aromatic heterocycles. The number of nitrogens with zero attached hydrogens (tertiary/aromatic N) is 6. The van der Waals surface area contributed by atoms with Gasteiger partial charge in [-0.1, -0.05) is 73.5 Å². The number of anilines is 1. The summed E-state index contributed by atoms with van der Waals surface area (Å²) in [6, 6.07) is 26.3. The second-order valence-electron chi connectivity index (χ2n) is 13.8. The molecular formula is C44H53N7. The molecule has 264 valence electrons. The summed E-state index contributed by atoms with van der Waals surface area (Å²) in [4.78, 5) is 25.9. The van der Waals surface area contributed by atoms with Gasteiger partial charge in [0.1, 0.15) is 5.82 Å². The van der Waals surface area contributed by atoms with E-state index in [-0.39, 0.29) is 0 Å². The molecule has 2 unspecified atom stereocenters. The van der Waals surface area contributed by atoms with Gasteiger partial charge in [-0.15, -0.1) is 0 Å². The van der Waals surface area contributed by atoms with Gasteiger partial charge in [0.2, 0.25) is 0 Å². The Hall–Kier alpha value is -5.30. The molecule has 6 aromatic rings. The molecule has 0 spiro atoms. The van der Waals surface area contributed by atoms with E-state index in [2.05, 4.69) is 146 Å². The zero-order valence-corrected chi connectivity index (χ0v) is 31.8. The van der Waals surface area contributed by atoms with Crippen molar-refractivity contribution in [3.63, 3.8) is 0 Å². The highest BCUT2D eigenvalue weighted by Gasteiger charge is 2.11. The number of aromatic nitrogens is 6.